The second kappa shape index (κ2) is 13.0. The van der Waals surface area contributed by atoms with Gasteiger partial charge in [0, 0.05) is 50.2 Å². The van der Waals surface area contributed by atoms with Crippen LogP contribution in [0.3, 0.4) is 0 Å². The molecule has 2 aromatic rings. The van der Waals surface area contributed by atoms with E-state index >= 15 is 0 Å². The van der Waals surface area contributed by atoms with Gasteiger partial charge < -0.3 is 14.7 Å². The van der Waals surface area contributed by atoms with Gasteiger partial charge in [0.15, 0.2) is 5.69 Å². The minimum atomic E-state index is -4.75. The number of carboxylic acids is 1. The Hall–Kier alpha value is -2.81. The van der Waals surface area contributed by atoms with Crippen LogP contribution in [0.2, 0.25) is 0 Å². The summed E-state index contributed by atoms with van der Waals surface area (Å²) in [5.41, 5.74) is -0.835. The lowest BCUT2D eigenvalue weighted by Gasteiger charge is -2.38. The van der Waals surface area contributed by atoms with Crippen LogP contribution in [0.4, 0.5) is 40.8 Å². The molecule has 1 N–H and O–H groups in total. The van der Waals surface area contributed by atoms with E-state index in [1.165, 1.54) is 36.3 Å². The predicted molar refractivity (Wildman–Crippen MR) is 136 cm³/mol. The first-order chi connectivity index (χ1) is 19.0. The number of hydrogen-bond acceptors (Lipinski definition) is 6. The number of carboxylic acid groups (broad SMARTS) is 1. The molecule has 1 aliphatic carbocycles. The maximum atomic E-state index is 14.1. The Bertz CT molecular complexity index is 1200. The number of rotatable bonds is 5. The van der Waals surface area contributed by atoms with Crippen molar-refractivity contribution in [2.75, 3.05) is 25.0 Å². The number of halogens is 8. The van der Waals surface area contributed by atoms with Crippen LogP contribution in [-0.2, 0) is 12.8 Å². The van der Waals surface area contributed by atoms with Crippen molar-refractivity contribution in [2.45, 2.75) is 74.8 Å². The maximum absolute atomic E-state index is 14.1. The van der Waals surface area contributed by atoms with Crippen molar-refractivity contribution >= 4 is 23.6 Å². The second-order valence-electron chi connectivity index (χ2n) is 9.61. The van der Waals surface area contributed by atoms with Gasteiger partial charge in [-0.15, -0.1) is 0 Å². The summed E-state index contributed by atoms with van der Waals surface area (Å²) in [6, 6.07) is 4.93. The molecule has 2 heterocycles. The van der Waals surface area contributed by atoms with Crippen molar-refractivity contribution in [1.82, 2.24) is 9.29 Å². The number of pyridine rings is 1. The zero-order chi connectivity index (χ0) is 30.6. The fraction of sp³-hybridized carbons (Fsp3) is 0.538. The molecule has 0 saturated heterocycles. The molecule has 1 aromatic heterocycles. The zero-order valence-corrected chi connectivity index (χ0v) is 23.0. The first-order valence-corrected chi connectivity index (χ1v) is 13.4. The van der Waals surface area contributed by atoms with Crippen LogP contribution in [-0.4, -0.2) is 58.6 Å². The molecular formula is C26H29F8N3O3S. The van der Waals surface area contributed by atoms with Crippen LogP contribution in [0.25, 0.3) is 0 Å². The number of likely N-dealkylation sites (N-methyl/N-ethyl adjacent to an activating group) is 1. The lowest BCUT2D eigenvalue weighted by atomic mass is 9.90. The summed E-state index contributed by atoms with van der Waals surface area (Å²) in [5.74, 6) is -4.49. The van der Waals surface area contributed by atoms with Crippen molar-refractivity contribution in [3.63, 3.8) is 0 Å². The van der Waals surface area contributed by atoms with Gasteiger partial charge in [-0.1, -0.05) is 13.0 Å². The highest BCUT2D eigenvalue weighted by Crippen LogP contribution is 2.47. The van der Waals surface area contributed by atoms with Crippen molar-refractivity contribution in [1.29, 1.82) is 0 Å². The molecule has 0 radical (unpaired) electrons. The van der Waals surface area contributed by atoms with Gasteiger partial charge in [-0.2, -0.15) is 26.3 Å². The van der Waals surface area contributed by atoms with Crippen LogP contribution in [0, 0.1) is 0 Å². The molecule has 4 rings (SSSR count). The highest BCUT2D eigenvalue weighted by molar-refractivity contribution is 7.97. The highest BCUT2D eigenvalue weighted by Gasteiger charge is 2.40. The number of aromatic nitrogens is 1. The number of benzene rings is 1. The lowest BCUT2D eigenvalue weighted by Crippen LogP contribution is -2.43. The summed E-state index contributed by atoms with van der Waals surface area (Å²) in [4.78, 5) is 17.5. The fourth-order valence-corrected chi connectivity index (χ4v) is 5.33. The first-order valence-electron chi connectivity index (χ1n) is 12.7. The summed E-state index contributed by atoms with van der Waals surface area (Å²) in [5, 5.41) is 9.29. The van der Waals surface area contributed by atoms with Crippen molar-refractivity contribution in [2.24, 2.45) is 0 Å². The number of carbonyl (C=O) groups is 1. The van der Waals surface area contributed by atoms with E-state index in [1.807, 2.05) is 9.21 Å². The number of anilines is 1. The Labute approximate surface area is 235 Å². The molecule has 1 saturated carbocycles. The highest BCUT2D eigenvalue weighted by atomic mass is 32.2. The Kier molecular flexibility index (Phi) is 10.4. The molecule has 0 spiro atoms. The average Bonchev–Trinajstić information content (AvgIpc) is 3.04. The molecule has 41 heavy (non-hydrogen) atoms. The van der Waals surface area contributed by atoms with Gasteiger partial charge in [0.2, 0.25) is 5.92 Å². The van der Waals surface area contributed by atoms with E-state index in [2.05, 4.69) is 4.98 Å². The van der Waals surface area contributed by atoms with E-state index in [1.54, 1.807) is 7.05 Å². The Morgan fingerprint density at radius 2 is 1.78 bits per heavy atom. The van der Waals surface area contributed by atoms with Gasteiger partial charge in [-0.05, 0) is 50.0 Å². The topological polar surface area (TPSA) is 65.9 Å². The first kappa shape index (κ1) is 32.7. The predicted octanol–water partition coefficient (Wildman–Crippen LogP) is 7.67. The van der Waals surface area contributed by atoms with Crippen molar-refractivity contribution in [3.05, 3.63) is 47.3 Å². The maximum Gasteiger partial charge on any atom is 0.420 e. The SMILES string of the molecule is CCC(F)(F)F.CN1CCN(C2CCC(F)(F)CC2)c2cc(C(F)(F)F)c(OCc3cccnc3C(=O)O)cc2S1. The zero-order valence-electron chi connectivity index (χ0n) is 22.2. The number of fused-ring (bicyclic) bond motifs is 1. The molecule has 6 nitrogen and oxygen atoms in total. The molecule has 1 aromatic carbocycles. The van der Waals surface area contributed by atoms with Crippen LogP contribution < -0.4 is 9.64 Å². The molecule has 0 bridgehead atoms. The number of hydrogen-bond donors (Lipinski definition) is 1. The fourth-order valence-electron chi connectivity index (χ4n) is 4.39. The average molecular weight is 616 g/mol. The third-order valence-corrected chi connectivity index (χ3v) is 7.61. The largest absolute Gasteiger partial charge is 0.488 e. The second-order valence-corrected chi connectivity index (χ2v) is 10.9. The van der Waals surface area contributed by atoms with E-state index < -0.39 is 48.6 Å². The van der Waals surface area contributed by atoms with E-state index in [0.717, 1.165) is 13.0 Å². The van der Waals surface area contributed by atoms with Gasteiger partial charge in [-0.3, -0.25) is 0 Å². The van der Waals surface area contributed by atoms with Crippen LogP contribution in [0.5, 0.6) is 5.75 Å². The molecular weight excluding hydrogens is 586 g/mol. The molecule has 1 fully saturated rings. The Balaban J connectivity index is 0.000000696. The smallest absolute Gasteiger partial charge is 0.420 e. The monoisotopic (exact) mass is 615 g/mol. The summed E-state index contributed by atoms with van der Waals surface area (Å²) in [7, 11) is 1.81. The van der Waals surface area contributed by atoms with Crippen LogP contribution in [0.1, 0.15) is 60.6 Å². The van der Waals surface area contributed by atoms with Crippen molar-refractivity contribution < 1.29 is 49.8 Å². The van der Waals surface area contributed by atoms with E-state index in [4.69, 9.17) is 4.74 Å². The Morgan fingerprint density at radius 3 is 2.34 bits per heavy atom. The summed E-state index contributed by atoms with van der Waals surface area (Å²) in [6.45, 7) is 1.60. The molecule has 2 aliphatic rings. The Morgan fingerprint density at radius 1 is 1.15 bits per heavy atom. The van der Waals surface area contributed by atoms with E-state index in [0.29, 0.717) is 23.7 Å². The number of ether oxygens (including phenoxy) is 1. The van der Waals surface area contributed by atoms with Gasteiger partial charge in [-0.25, -0.2) is 22.9 Å². The van der Waals surface area contributed by atoms with E-state index in [9.17, 15) is 45.0 Å². The number of alkyl halides is 8. The van der Waals surface area contributed by atoms with Crippen LogP contribution in [0.15, 0.2) is 35.4 Å². The van der Waals surface area contributed by atoms with Crippen molar-refractivity contribution in [3.8, 4) is 5.75 Å². The molecule has 0 atom stereocenters. The number of nitrogens with zero attached hydrogens (tertiary/aromatic N) is 3. The van der Waals surface area contributed by atoms with Gasteiger partial charge in [0.25, 0.3) is 0 Å². The molecule has 0 amide bonds. The standard InChI is InChI=1S/C23H24F5N3O3S.C3H5F3/c1-30-9-10-31(15-4-6-22(24,25)7-5-15)17-11-16(23(26,27)28)18(12-19(17)35-30)34-13-14-3-2-8-29-20(14)21(32)33;1-2-3(4,5)6/h2-3,8,11-12,15H,4-7,9-10,13H2,1H3,(H,32,33);2H2,1H3. The molecule has 228 valence electrons. The summed E-state index contributed by atoms with van der Waals surface area (Å²) < 4.78 is 109. The third kappa shape index (κ3) is 9.09. The van der Waals surface area contributed by atoms with Gasteiger partial charge >= 0.3 is 18.3 Å². The normalized spacial score (nSPS) is 18.1. The van der Waals surface area contributed by atoms with Crippen LogP contribution >= 0.6 is 11.9 Å². The molecule has 1 aliphatic heterocycles. The summed E-state index contributed by atoms with van der Waals surface area (Å²) >= 11 is 1.25. The minimum Gasteiger partial charge on any atom is -0.488 e. The lowest BCUT2D eigenvalue weighted by molar-refractivity contribution is -0.139. The number of aromatic carboxylic acids is 1. The quantitative estimate of drug-likeness (QED) is 0.274. The summed E-state index contributed by atoms with van der Waals surface area (Å²) in [6.07, 6.45) is -8.36. The van der Waals surface area contributed by atoms with Gasteiger partial charge in [0.05, 0.1) is 16.1 Å². The van der Waals surface area contributed by atoms with Gasteiger partial charge in [0.1, 0.15) is 12.4 Å². The minimum absolute atomic E-state index is 0.137. The third-order valence-electron chi connectivity index (χ3n) is 6.59. The molecule has 15 heteroatoms. The molecule has 0 unspecified atom stereocenters. The van der Waals surface area contributed by atoms with E-state index in [-0.39, 0.29) is 43.0 Å².